The van der Waals surface area contributed by atoms with Crippen LogP contribution in [0.3, 0.4) is 0 Å². The fraction of sp³-hybridized carbons (Fsp3) is 0.500. The predicted molar refractivity (Wildman–Crippen MR) is 76.2 cm³/mol. The predicted octanol–water partition coefficient (Wildman–Crippen LogP) is 1.07. The molecule has 20 heavy (non-hydrogen) atoms. The molecular weight excluding hydrogens is 260 g/mol. The third kappa shape index (κ3) is 3.54. The molecular formula is C14H22N2O4. The van der Waals surface area contributed by atoms with Crippen LogP contribution >= 0.6 is 0 Å². The molecule has 0 atom stereocenters. The van der Waals surface area contributed by atoms with Crippen LogP contribution in [0.4, 0.5) is 0 Å². The number of rotatable bonds is 7. The minimum Gasteiger partial charge on any atom is -0.496 e. The summed E-state index contributed by atoms with van der Waals surface area (Å²) in [7, 11) is 4.70. The maximum atomic E-state index is 11.3. The minimum absolute atomic E-state index is 0.381. The van der Waals surface area contributed by atoms with E-state index in [1.54, 1.807) is 47.3 Å². The first-order valence-corrected chi connectivity index (χ1v) is 6.19. The highest BCUT2D eigenvalue weighted by Crippen LogP contribution is 2.34. The summed E-state index contributed by atoms with van der Waals surface area (Å²) in [6.07, 6.45) is 0. The van der Waals surface area contributed by atoms with Crippen molar-refractivity contribution >= 4 is 5.91 Å². The first-order chi connectivity index (χ1) is 9.35. The van der Waals surface area contributed by atoms with Gasteiger partial charge < -0.3 is 19.9 Å². The molecule has 0 saturated heterocycles. The molecule has 0 bridgehead atoms. The molecule has 112 valence electrons. The number of nitrogens with two attached hydrogens (primary N) is 1. The first-order valence-electron chi connectivity index (χ1n) is 6.19. The molecule has 1 amide bonds. The van der Waals surface area contributed by atoms with Gasteiger partial charge in [0.05, 0.1) is 32.4 Å². The molecule has 0 aliphatic heterocycles. The Hall–Kier alpha value is -1.95. The Kier molecular flexibility index (Phi) is 5.21. The topological polar surface area (TPSA) is 82.8 Å². The third-order valence-electron chi connectivity index (χ3n) is 3.14. The molecule has 0 heterocycles. The number of primary amides is 1. The molecule has 0 radical (unpaired) electrons. The lowest BCUT2D eigenvalue weighted by Crippen LogP contribution is -2.50. The highest BCUT2D eigenvalue weighted by molar-refractivity contribution is 5.83. The molecule has 1 aromatic carbocycles. The van der Waals surface area contributed by atoms with Crippen molar-refractivity contribution in [3.8, 4) is 17.2 Å². The van der Waals surface area contributed by atoms with E-state index in [4.69, 9.17) is 19.9 Å². The van der Waals surface area contributed by atoms with Crippen LogP contribution in [0.25, 0.3) is 0 Å². The second kappa shape index (κ2) is 6.47. The largest absolute Gasteiger partial charge is 0.496 e. The van der Waals surface area contributed by atoms with Gasteiger partial charge in [-0.15, -0.1) is 0 Å². The van der Waals surface area contributed by atoms with E-state index in [0.29, 0.717) is 23.8 Å². The molecule has 0 aliphatic rings. The number of methoxy groups -OCH3 is 3. The zero-order valence-electron chi connectivity index (χ0n) is 12.6. The summed E-state index contributed by atoms with van der Waals surface area (Å²) in [5.41, 5.74) is 5.31. The minimum atomic E-state index is -0.823. The van der Waals surface area contributed by atoms with Gasteiger partial charge in [-0.05, 0) is 13.8 Å². The molecule has 6 nitrogen and oxygen atoms in total. The second-order valence-corrected chi connectivity index (χ2v) is 4.85. The highest BCUT2D eigenvalue weighted by atomic mass is 16.5. The molecule has 6 heteroatoms. The molecule has 0 spiro atoms. The Balaban J connectivity index is 3.07. The summed E-state index contributed by atoms with van der Waals surface area (Å²) >= 11 is 0. The summed E-state index contributed by atoms with van der Waals surface area (Å²) in [5.74, 6) is 1.45. The quantitative estimate of drug-likeness (QED) is 0.781. The van der Waals surface area contributed by atoms with Crippen molar-refractivity contribution in [1.82, 2.24) is 5.32 Å². The fourth-order valence-electron chi connectivity index (χ4n) is 1.65. The van der Waals surface area contributed by atoms with Gasteiger partial charge in [0.1, 0.15) is 17.2 Å². The number of hydrogen-bond acceptors (Lipinski definition) is 5. The van der Waals surface area contributed by atoms with Crippen LogP contribution in [0.15, 0.2) is 12.1 Å². The first kappa shape index (κ1) is 16.1. The molecule has 0 saturated carbocycles. The average molecular weight is 282 g/mol. The molecule has 1 rings (SSSR count). The van der Waals surface area contributed by atoms with Crippen LogP contribution in [0.5, 0.6) is 17.2 Å². The van der Waals surface area contributed by atoms with Crippen molar-refractivity contribution in [2.45, 2.75) is 25.9 Å². The van der Waals surface area contributed by atoms with Crippen LogP contribution < -0.4 is 25.3 Å². The number of hydrogen-bond donors (Lipinski definition) is 2. The lowest BCUT2D eigenvalue weighted by atomic mass is 10.0. The number of amides is 1. The van der Waals surface area contributed by atoms with E-state index >= 15 is 0 Å². The van der Waals surface area contributed by atoms with Gasteiger partial charge in [0.15, 0.2) is 0 Å². The van der Waals surface area contributed by atoms with Crippen molar-refractivity contribution in [2.24, 2.45) is 5.73 Å². The summed E-state index contributed by atoms with van der Waals surface area (Å²) in [6.45, 7) is 3.82. The number of carbonyl (C=O) groups excluding carboxylic acids is 1. The van der Waals surface area contributed by atoms with E-state index in [9.17, 15) is 4.79 Å². The van der Waals surface area contributed by atoms with E-state index < -0.39 is 11.4 Å². The van der Waals surface area contributed by atoms with Crippen molar-refractivity contribution in [2.75, 3.05) is 21.3 Å². The van der Waals surface area contributed by atoms with E-state index in [2.05, 4.69) is 5.32 Å². The lowest BCUT2D eigenvalue weighted by Gasteiger charge is -2.24. The SMILES string of the molecule is COc1cc(OC)c(CNC(C)(C)C(N)=O)c(OC)c1. The van der Waals surface area contributed by atoms with Gasteiger partial charge in [-0.1, -0.05) is 0 Å². The van der Waals surface area contributed by atoms with E-state index in [1.165, 1.54) is 0 Å². The van der Waals surface area contributed by atoms with Gasteiger partial charge >= 0.3 is 0 Å². The van der Waals surface area contributed by atoms with Gasteiger partial charge in [-0.25, -0.2) is 0 Å². The Morgan fingerprint density at radius 2 is 1.65 bits per heavy atom. The summed E-state index contributed by atoms with van der Waals surface area (Å²) in [5, 5.41) is 3.09. The van der Waals surface area contributed by atoms with Crippen LogP contribution in [0.1, 0.15) is 19.4 Å². The monoisotopic (exact) mass is 282 g/mol. The third-order valence-corrected chi connectivity index (χ3v) is 3.14. The molecule has 0 unspecified atom stereocenters. The van der Waals surface area contributed by atoms with Crippen molar-refractivity contribution in [3.63, 3.8) is 0 Å². The van der Waals surface area contributed by atoms with Crippen molar-refractivity contribution in [3.05, 3.63) is 17.7 Å². The number of carbonyl (C=O) groups is 1. The Bertz CT molecular complexity index is 461. The molecule has 0 aromatic heterocycles. The zero-order chi connectivity index (χ0) is 15.3. The normalized spacial score (nSPS) is 11.1. The Morgan fingerprint density at radius 3 is 2.00 bits per heavy atom. The van der Waals surface area contributed by atoms with E-state index in [-0.39, 0.29) is 0 Å². The number of nitrogens with one attached hydrogen (secondary N) is 1. The number of ether oxygens (including phenoxy) is 3. The molecule has 3 N–H and O–H groups in total. The summed E-state index contributed by atoms with van der Waals surface area (Å²) in [6, 6.07) is 3.52. The van der Waals surface area contributed by atoms with E-state index in [1.807, 2.05) is 0 Å². The highest BCUT2D eigenvalue weighted by Gasteiger charge is 2.25. The van der Waals surface area contributed by atoms with Gasteiger partial charge in [0, 0.05) is 18.7 Å². The van der Waals surface area contributed by atoms with Crippen molar-refractivity contribution in [1.29, 1.82) is 0 Å². The summed E-state index contributed by atoms with van der Waals surface area (Å²) < 4.78 is 15.9. The fourth-order valence-corrected chi connectivity index (χ4v) is 1.65. The van der Waals surface area contributed by atoms with Crippen molar-refractivity contribution < 1.29 is 19.0 Å². The number of benzene rings is 1. The van der Waals surface area contributed by atoms with Crippen LogP contribution in [-0.2, 0) is 11.3 Å². The van der Waals surface area contributed by atoms with Gasteiger partial charge in [0.2, 0.25) is 5.91 Å². The van der Waals surface area contributed by atoms with E-state index in [0.717, 1.165) is 5.56 Å². The van der Waals surface area contributed by atoms with Gasteiger partial charge in [-0.3, -0.25) is 10.1 Å². The van der Waals surface area contributed by atoms with Gasteiger partial charge in [0.25, 0.3) is 0 Å². The molecule has 0 fully saturated rings. The maximum Gasteiger partial charge on any atom is 0.237 e. The molecule has 0 aliphatic carbocycles. The van der Waals surface area contributed by atoms with Gasteiger partial charge in [-0.2, -0.15) is 0 Å². The van der Waals surface area contributed by atoms with Crippen LogP contribution in [0.2, 0.25) is 0 Å². The zero-order valence-corrected chi connectivity index (χ0v) is 12.6. The smallest absolute Gasteiger partial charge is 0.237 e. The summed E-state index contributed by atoms with van der Waals surface area (Å²) in [4.78, 5) is 11.3. The lowest BCUT2D eigenvalue weighted by molar-refractivity contribution is -0.123. The van der Waals surface area contributed by atoms with Crippen LogP contribution in [-0.4, -0.2) is 32.8 Å². The average Bonchev–Trinajstić information content (AvgIpc) is 2.43. The van der Waals surface area contributed by atoms with Crippen LogP contribution in [0, 0.1) is 0 Å². The standard InChI is InChI=1S/C14H22N2O4/c1-14(2,13(15)17)16-8-10-11(19-4)6-9(18-3)7-12(10)20-5/h6-7,16H,8H2,1-5H3,(H2,15,17). The second-order valence-electron chi connectivity index (χ2n) is 4.85. The molecule has 1 aromatic rings. The maximum absolute atomic E-state index is 11.3. The Labute approximate surface area is 119 Å². The Morgan fingerprint density at radius 1 is 1.15 bits per heavy atom.